The third kappa shape index (κ3) is 3.99. The Morgan fingerprint density at radius 1 is 1.30 bits per heavy atom. The lowest BCUT2D eigenvalue weighted by Crippen LogP contribution is -2.72. The van der Waals surface area contributed by atoms with Crippen molar-refractivity contribution in [3.63, 3.8) is 0 Å². The fourth-order valence-corrected chi connectivity index (χ4v) is 2.54. The van der Waals surface area contributed by atoms with Crippen molar-refractivity contribution in [3.8, 4) is 0 Å². The summed E-state index contributed by atoms with van der Waals surface area (Å²) in [4.78, 5) is 18.3. The van der Waals surface area contributed by atoms with Gasteiger partial charge < -0.3 is 20.0 Å². The van der Waals surface area contributed by atoms with Gasteiger partial charge in [0.25, 0.3) is 5.91 Å². The normalized spacial score (nSPS) is 18.7. The summed E-state index contributed by atoms with van der Waals surface area (Å²) < 4.78 is 5.05. The van der Waals surface area contributed by atoms with Crippen molar-refractivity contribution in [1.29, 1.82) is 0 Å². The van der Waals surface area contributed by atoms with Gasteiger partial charge in [-0.3, -0.25) is 9.79 Å². The zero-order valence-electron chi connectivity index (χ0n) is 14.5. The molecular formula is C16H27IN4O2. The summed E-state index contributed by atoms with van der Waals surface area (Å²) in [5.41, 5.74) is 0.324. The van der Waals surface area contributed by atoms with E-state index in [-0.39, 0.29) is 40.8 Å². The van der Waals surface area contributed by atoms with E-state index in [0.717, 1.165) is 12.5 Å². The zero-order valence-corrected chi connectivity index (χ0v) is 16.8. The maximum Gasteiger partial charge on any atom is 0.287 e. The van der Waals surface area contributed by atoms with Crippen molar-refractivity contribution < 1.29 is 9.21 Å². The summed E-state index contributed by atoms with van der Waals surface area (Å²) in [5.74, 6) is 0.999. The summed E-state index contributed by atoms with van der Waals surface area (Å²) >= 11 is 0. The highest BCUT2D eigenvalue weighted by Gasteiger charge is 2.53. The highest BCUT2D eigenvalue weighted by atomic mass is 127. The number of hydrogen-bond acceptors (Lipinski definition) is 3. The molecule has 130 valence electrons. The van der Waals surface area contributed by atoms with Crippen molar-refractivity contribution in [1.82, 2.24) is 15.5 Å². The Bertz CT molecular complexity index is 552. The molecule has 0 saturated carbocycles. The van der Waals surface area contributed by atoms with Gasteiger partial charge >= 0.3 is 0 Å². The molecule has 1 aromatic rings. The molecule has 1 aliphatic heterocycles. The smallest absolute Gasteiger partial charge is 0.287 e. The second-order valence-corrected chi connectivity index (χ2v) is 6.74. The van der Waals surface area contributed by atoms with Crippen molar-refractivity contribution in [3.05, 3.63) is 24.2 Å². The second-order valence-electron chi connectivity index (χ2n) is 6.74. The van der Waals surface area contributed by atoms with Crippen LogP contribution < -0.4 is 10.6 Å². The molecule has 2 N–H and O–H groups in total. The number of likely N-dealkylation sites (tertiary alicyclic amines) is 1. The van der Waals surface area contributed by atoms with Crippen LogP contribution in [0.25, 0.3) is 0 Å². The van der Waals surface area contributed by atoms with Gasteiger partial charge in [-0.05, 0) is 26.0 Å². The van der Waals surface area contributed by atoms with E-state index in [9.17, 15) is 4.79 Å². The number of hydrogen-bond donors (Lipinski definition) is 2. The summed E-state index contributed by atoms with van der Waals surface area (Å²) in [6.45, 7) is 11.1. The number of halogens is 1. The van der Waals surface area contributed by atoms with Gasteiger partial charge in [-0.2, -0.15) is 0 Å². The number of rotatable bonds is 4. The molecule has 0 unspecified atom stereocenters. The molecule has 1 saturated heterocycles. The molecule has 0 aromatic carbocycles. The van der Waals surface area contributed by atoms with Gasteiger partial charge in [-0.15, -0.1) is 24.0 Å². The molecule has 0 spiro atoms. The molecule has 1 aromatic heterocycles. The topological polar surface area (TPSA) is 69.9 Å². The lowest BCUT2D eigenvalue weighted by molar-refractivity contribution is -0.0666. The molecule has 0 aliphatic carbocycles. The standard InChI is InChI=1S/C16H26N4O2.HI/c1-15(2)11-20(16(15,3)4)14(17-5)19-9-8-18-13(21)12-7-6-10-22-12;/h6-7,10H,8-9,11H2,1-5H3,(H,17,19)(H,18,21);1H. The third-order valence-electron chi connectivity index (χ3n) is 4.79. The van der Waals surface area contributed by atoms with Gasteiger partial charge in [-0.1, -0.05) is 13.8 Å². The molecule has 2 heterocycles. The number of furan rings is 1. The molecule has 0 atom stereocenters. The van der Waals surface area contributed by atoms with Crippen LogP contribution in [0, 0.1) is 5.41 Å². The average molecular weight is 434 g/mol. The highest BCUT2D eigenvalue weighted by Crippen LogP contribution is 2.46. The monoisotopic (exact) mass is 434 g/mol. The Kier molecular flexibility index (Phi) is 6.49. The number of nitrogens with zero attached hydrogens (tertiary/aromatic N) is 2. The predicted octanol–water partition coefficient (Wildman–Crippen LogP) is 2.32. The SMILES string of the molecule is CN=C(NCCNC(=O)c1ccco1)N1CC(C)(C)C1(C)C.I. The first-order chi connectivity index (χ1) is 10.3. The Balaban J connectivity index is 0.00000264. The van der Waals surface area contributed by atoms with Crippen molar-refractivity contribution >= 4 is 35.8 Å². The first-order valence-electron chi connectivity index (χ1n) is 7.59. The van der Waals surface area contributed by atoms with E-state index in [4.69, 9.17) is 4.42 Å². The molecule has 1 aliphatic rings. The minimum absolute atomic E-state index is 0. The van der Waals surface area contributed by atoms with E-state index in [1.807, 2.05) is 0 Å². The molecule has 1 fully saturated rings. The van der Waals surface area contributed by atoms with Crippen LogP contribution in [0.15, 0.2) is 27.8 Å². The minimum atomic E-state index is -0.202. The quantitative estimate of drug-likeness (QED) is 0.330. The zero-order chi connectivity index (χ0) is 16.4. The van der Waals surface area contributed by atoms with Crippen LogP contribution in [0.1, 0.15) is 38.2 Å². The molecule has 2 rings (SSSR count). The van der Waals surface area contributed by atoms with Gasteiger partial charge in [0.1, 0.15) is 0 Å². The molecule has 6 nitrogen and oxygen atoms in total. The largest absolute Gasteiger partial charge is 0.459 e. The maximum atomic E-state index is 11.7. The Morgan fingerprint density at radius 3 is 2.43 bits per heavy atom. The molecule has 1 amide bonds. The average Bonchev–Trinajstić information content (AvgIpc) is 2.99. The van der Waals surface area contributed by atoms with Crippen molar-refractivity contribution in [2.75, 3.05) is 26.7 Å². The number of carbonyl (C=O) groups excluding carboxylic acids is 1. The van der Waals surface area contributed by atoms with Crippen LogP contribution in [0.4, 0.5) is 0 Å². The molecular weight excluding hydrogens is 407 g/mol. The second kappa shape index (κ2) is 7.55. The highest BCUT2D eigenvalue weighted by molar-refractivity contribution is 14.0. The number of nitrogens with one attached hydrogen (secondary N) is 2. The summed E-state index contributed by atoms with van der Waals surface area (Å²) in [6, 6.07) is 3.34. The lowest BCUT2D eigenvalue weighted by Gasteiger charge is -2.62. The number of guanidine groups is 1. The van der Waals surface area contributed by atoms with E-state index in [1.165, 1.54) is 6.26 Å². The maximum absolute atomic E-state index is 11.7. The number of carbonyl (C=O) groups is 1. The minimum Gasteiger partial charge on any atom is -0.459 e. The number of aliphatic imine (C=N–C) groups is 1. The molecule has 0 radical (unpaired) electrons. The Morgan fingerprint density at radius 2 is 1.96 bits per heavy atom. The van der Waals surface area contributed by atoms with Crippen molar-refractivity contribution in [2.24, 2.45) is 10.4 Å². The van der Waals surface area contributed by atoms with E-state index >= 15 is 0 Å². The van der Waals surface area contributed by atoms with Crippen LogP contribution in [0.5, 0.6) is 0 Å². The van der Waals surface area contributed by atoms with Crippen LogP contribution in [-0.4, -0.2) is 49.0 Å². The summed E-state index contributed by atoms with van der Waals surface area (Å²) in [7, 11) is 1.78. The fraction of sp³-hybridized carbons (Fsp3) is 0.625. The van der Waals surface area contributed by atoms with Gasteiger partial charge in [0.2, 0.25) is 0 Å². The Hall–Kier alpha value is -1.25. The van der Waals surface area contributed by atoms with Crippen molar-refractivity contribution in [2.45, 2.75) is 33.2 Å². The molecule has 7 heteroatoms. The van der Waals surface area contributed by atoms with Crippen LogP contribution in [-0.2, 0) is 0 Å². The first-order valence-corrected chi connectivity index (χ1v) is 7.59. The van der Waals surface area contributed by atoms with Gasteiger partial charge in [0.15, 0.2) is 11.7 Å². The lowest BCUT2D eigenvalue weighted by atomic mass is 9.65. The van der Waals surface area contributed by atoms with Gasteiger partial charge in [-0.25, -0.2) is 0 Å². The predicted molar refractivity (Wildman–Crippen MR) is 102 cm³/mol. The molecule has 0 bridgehead atoms. The van der Waals surface area contributed by atoms with Crippen LogP contribution in [0.2, 0.25) is 0 Å². The number of amides is 1. The van der Waals surface area contributed by atoms with Gasteiger partial charge in [0.05, 0.1) is 6.26 Å². The van der Waals surface area contributed by atoms with E-state index in [2.05, 4.69) is 48.2 Å². The summed E-state index contributed by atoms with van der Waals surface area (Å²) in [5, 5.41) is 6.10. The Labute approximate surface area is 155 Å². The first kappa shape index (κ1) is 19.8. The van der Waals surface area contributed by atoms with Crippen LogP contribution in [0.3, 0.4) is 0 Å². The van der Waals surface area contributed by atoms with Crippen LogP contribution >= 0.6 is 24.0 Å². The van der Waals surface area contributed by atoms with E-state index < -0.39 is 0 Å². The van der Waals surface area contributed by atoms with E-state index in [1.54, 1.807) is 19.2 Å². The molecule has 23 heavy (non-hydrogen) atoms. The fourth-order valence-electron chi connectivity index (χ4n) is 2.54. The summed E-state index contributed by atoms with van der Waals surface area (Å²) in [6.07, 6.45) is 1.49. The third-order valence-corrected chi connectivity index (χ3v) is 4.79. The van der Waals surface area contributed by atoms with E-state index in [0.29, 0.717) is 18.8 Å². The van der Waals surface area contributed by atoms with Gasteiger partial charge in [0, 0.05) is 37.6 Å².